The van der Waals surface area contributed by atoms with Crippen molar-refractivity contribution >= 4 is 37.5 Å². The third-order valence-corrected chi connectivity index (χ3v) is 5.08. The number of hydrogen-bond acceptors (Lipinski definition) is 4. The number of Topliss-reactive ketones (excluding diaryl/α,β-unsaturated/α-hetero) is 1. The maximum atomic E-state index is 12.1. The average Bonchev–Trinajstić information content (AvgIpc) is 2.35. The molecule has 116 valence electrons. The van der Waals surface area contributed by atoms with Gasteiger partial charge in [0.15, 0.2) is 15.6 Å². The third-order valence-electron chi connectivity index (χ3n) is 2.91. The Bertz CT molecular complexity index is 623. The fourth-order valence-electron chi connectivity index (χ4n) is 1.85. The number of hydrogen-bond donors (Lipinski definition) is 1. The second-order valence-electron chi connectivity index (χ2n) is 5.11. The van der Waals surface area contributed by atoms with Crippen molar-refractivity contribution in [3.63, 3.8) is 0 Å². The highest BCUT2D eigenvalue weighted by Gasteiger charge is 2.24. The first kappa shape index (κ1) is 17.8. The summed E-state index contributed by atoms with van der Waals surface area (Å²) < 4.78 is 25.0. The van der Waals surface area contributed by atoms with Crippen LogP contribution in [0, 0.1) is 5.92 Å². The normalized spacial score (nSPS) is 13.0. The number of nitrogens with one attached hydrogen (secondary N) is 1. The number of halogens is 1. The van der Waals surface area contributed by atoms with E-state index in [1.165, 1.54) is 19.1 Å². The van der Waals surface area contributed by atoms with Crippen LogP contribution < -0.4 is 5.32 Å². The molecule has 0 radical (unpaired) electrons. The van der Waals surface area contributed by atoms with Gasteiger partial charge in [0.2, 0.25) is 5.91 Å². The van der Waals surface area contributed by atoms with Crippen molar-refractivity contribution in [2.24, 2.45) is 5.92 Å². The Kier molecular flexibility index (Phi) is 6.10. The lowest BCUT2D eigenvalue weighted by molar-refractivity contribution is -0.126. The highest BCUT2D eigenvalue weighted by atomic mass is 79.9. The van der Waals surface area contributed by atoms with Gasteiger partial charge < -0.3 is 5.32 Å². The molecule has 1 N–H and O–H groups in total. The fourth-order valence-corrected chi connectivity index (χ4v) is 3.26. The molecule has 0 fully saturated rings. The highest BCUT2D eigenvalue weighted by Crippen LogP contribution is 2.16. The number of amides is 1. The highest BCUT2D eigenvalue weighted by molar-refractivity contribution is 9.10. The van der Waals surface area contributed by atoms with E-state index in [1.54, 1.807) is 26.0 Å². The largest absolute Gasteiger partial charge is 0.345 e. The van der Waals surface area contributed by atoms with E-state index in [2.05, 4.69) is 21.2 Å². The number of benzene rings is 1. The van der Waals surface area contributed by atoms with E-state index in [-0.39, 0.29) is 16.6 Å². The van der Waals surface area contributed by atoms with E-state index < -0.39 is 27.5 Å². The van der Waals surface area contributed by atoms with Crippen LogP contribution in [-0.4, -0.2) is 31.9 Å². The summed E-state index contributed by atoms with van der Waals surface area (Å²) in [5, 5.41) is 2.48. The predicted octanol–water partition coefficient (Wildman–Crippen LogP) is 1.95. The van der Waals surface area contributed by atoms with E-state index in [0.717, 1.165) is 4.47 Å². The standard InChI is InChI=1S/C14H18BrNO4S/c1-9(2)14(10(3)17)16-13(18)8-21(19,20)12-6-4-11(15)5-7-12/h4-7,9,14H,8H2,1-3H3,(H,16,18). The van der Waals surface area contributed by atoms with Crippen molar-refractivity contribution in [1.82, 2.24) is 5.32 Å². The summed E-state index contributed by atoms with van der Waals surface area (Å²) in [4.78, 5) is 23.4. The van der Waals surface area contributed by atoms with Crippen LogP contribution in [-0.2, 0) is 19.4 Å². The van der Waals surface area contributed by atoms with Gasteiger partial charge in [-0.25, -0.2) is 8.42 Å². The Morgan fingerprint density at radius 2 is 1.71 bits per heavy atom. The van der Waals surface area contributed by atoms with E-state index in [0.29, 0.717) is 0 Å². The second kappa shape index (κ2) is 7.17. The number of carbonyl (C=O) groups excluding carboxylic acids is 2. The first-order valence-electron chi connectivity index (χ1n) is 6.41. The monoisotopic (exact) mass is 375 g/mol. The van der Waals surface area contributed by atoms with Crippen molar-refractivity contribution in [1.29, 1.82) is 0 Å². The average molecular weight is 376 g/mol. The van der Waals surface area contributed by atoms with Gasteiger partial charge in [-0.1, -0.05) is 29.8 Å². The van der Waals surface area contributed by atoms with Gasteiger partial charge in [-0.15, -0.1) is 0 Å². The summed E-state index contributed by atoms with van der Waals surface area (Å²) in [5.41, 5.74) is 0. The number of ketones is 1. The number of carbonyl (C=O) groups is 2. The Hall–Kier alpha value is -1.21. The molecule has 0 saturated carbocycles. The van der Waals surface area contributed by atoms with E-state index in [1.807, 2.05) is 0 Å². The quantitative estimate of drug-likeness (QED) is 0.823. The molecule has 1 rings (SSSR count). The van der Waals surface area contributed by atoms with Gasteiger partial charge in [-0.3, -0.25) is 9.59 Å². The first-order chi connectivity index (χ1) is 9.63. The zero-order valence-corrected chi connectivity index (χ0v) is 14.5. The van der Waals surface area contributed by atoms with Crippen LogP contribution >= 0.6 is 15.9 Å². The number of sulfone groups is 1. The lowest BCUT2D eigenvalue weighted by Crippen LogP contribution is -2.45. The van der Waals surface area contributed by atoms with Crippen molar-refractivity contribution in [2.45, 2.75) is 31.7 Å². The SMILES string of the molecule is CC(=O)C(NC(=O)CS(=O)(=O)c1ccc(Br)cc1)C(C)C. The lowest BCUT2D eigenvalue weighted by Gasteiger charge is -2.19. The summed E-state index contributed by atoms with van der Waals surface area (Å²) in [6, 6.07) is 5.38. The summed E-state index contributed by atoms with van der Waals surface area (Å²) in [5.74, 6) is -1.64. The molecule has 7 heteroatoms. The molecule has 1 unspecified atom stereocenters. The van der Waals surface area contributed by atoms with Crippen molar-refractivity contribution in [3.8, 4) is 0 Å². The van der Waals surface area contributed by atoms with Gasteiger partial charge in [0.05, 0.1) is 10.9 Å². The Morgan fingerprint density at radius 3 is 2.14 bits per heavy atom. The zero-order valence-electron chi connectivity index (χ0n) is 12.1. The van der Waals surface area contributed by atoms with Gasteiger partial charge in [0.25, 0.3) is 0 Å². The summed E-state index contributed by atoms with van der Waals surface area (Å²) in [6.45, 7) is 4.94. The Balaban J connectivity index is 2.82. The van der Waals surface area contributed by atoms with Gasteiger partial charge in [-0.2, -0.15) is 0 Å². The minimum Gasteiger partial charge on any atom is -0.345 e. The molecule has 0 spiro atoms. The minimum atomic E-state index is -3.72. The summed E-state index contributed by atoms with van der Waals surface area (Å²) in [7, 11) is -3.72. The zero-order chi connectivity index (χ0) is 16.2. The van der Waals surface area contributed by atoms with Crippen LogP contribution in [0.25, 0.3) is 0 Å². The van der Waals surface area contributed by atoms with Crippen LogP contribution in [0.4, 0.5) is 0 Å². The van der Waals surface area contributed by atoms with Crippen molar-refractivity contribution < 1.29 is 18.0 Å². The van der Waals surface area contributed by atoms with Gasteiger partial charge in [0.1, 0.15) is 5.75 Å². The molecule has 0 heterocycles. The molecule has 0 aliphatic rings. The molecule has 0 aromatic heterocycles. The maximum absolute atomic E-state index is 12.1. The molecule has 1 aromatic carbocycles. The van der Waals surface area contributed by atoms with E-state index in [9.17, 15) is 18.0 Å². The molecule has 0 aliphatic heterocycles. The topological polar surface area (TPSA) is 80.3 Å². The second-order valence-corrected chi connectivity index (χ2v) is 8.02. The minimum absolute atomic E-state index is 0.0739. The van der Waals surface area contributed by atoms with Crippen molar-refractivity contribution in [2.75, 3.05) is 5.75 Å². The first-order valence-corrected chi connectivity index (χ1v) is 8.86. The van der Waals surface area contributed by atoms with Crippen molar-refractivity contribution in [3.05, 3.63) is 28.7 Å². The van der Waals surface area contributed by atoms with Gasteiger partial charge in [-0.05, 0) is 37.1 Å². The molecule has 0 bridgehead atoms. The molecular weight excluding hydrogens is 358 g/mol. The number of rotatable bonds is 6. The molecule has 1 atom stereocenters. The van der Waals surface area contributed by atoms with Gasteiger partial charge >= 0.3 is 0 Å². The summed E-state index contributed by atoms with van der Waals surface area (Å²) >= 11 is 3.22. The maximum Gasteiger partial charge on any atom is 0.236 e. The van der Waals surface area contributed by atoms with Crippen LogP contribution in [0.3, 0.4) is 0 Å². The molecule has 0 saturated heterocycles. The summed E-state index contributed by atoms with van der Waals surface area (Å²) in [6.07, 6.45) is 0. The van der Waals surface area contributed by atoms with Gasteiger partial charge in [0, 0.05) is 4.47 Å². The van der Waals surface area contributed by atoms with Crippen LogP contribution in [0.15, 0.2) is 33.6 Å². The van der Waals surface area contributed by atoms with Crippen LogP contribution in [0.5, 0.6) is 0 Å². The molecule has 0 aliphatic carbocycles. The fraction of sp³-hybridized carbons (Fsp3) is 0.429. The molecular formula is C14H18BrNO4S. The smallest absolute Gasteiger partial charge is 0.236 e. The molecule has 5 nitrogen and oxygen atoms in total. The van der Waals surface area contributed by atoms with Crippen LogP contribution in [0.1, 0.15) is 20.8 Å². The third kappa shape index (κ3) is 5.24. The Morgan fingerprint density at radius 1 is 1.19 bits per heavy atom. The molecule has 1 amide bonds. The lowest BCUT2D eigenvalue weighted by atomic mass is 10.0. The van der Waals surface area contributed by atoms with E-state index in [4.69, 9.17) is 0 Å². The van der Waals surface area contributed by atoms with Crippen LogP contribution in [0.2, 0.25) is 0 Å². The molecule has 21 heavy (non-hydrogen) atoms. The predicted molar refractivity (Wildman–Crippen MR) is 83.6 cm³/mol. The van der Waals surface area contributed by atoms with E-state index >= 15 is 0 Å². The molecule has 1 aromatic rings. The Labute approximate surface area is 133 Å².